The number of rotatable bonds is 7. The maximum absolute atomic E-state index is 12.3. The molecule has 27 heavy (non-hydrogen) atoms. The number of amides is 1. The van der Waals surface area contributed by atoms with Crippen molar-refractivity contribution in [1.82, 2.24) is 15.2 Å². The number of hydrogen-bond acceptors (Lipinski definition) is 5. The Morgan fingerprint density at radius 1 is 1.22 bits per heavy atom. The first-order chi connectivity index (χ1) is 13.1. The van der Waals surface area contributed by atoms with Gasteiger partial charge in [-0.15, -0.1) is 0 Å². The topological polar surface area (TPSA) is 63.7 Å². The van der Waals surface area contributed by atoms with Crippen LogP contribution >= 0.6 is 23.2 Å². The summed E-state index contributed by atoms with van der Waals surface area (Å²) in [7, 11) is 0. The number of nitrogens with one attached hydrogen (secondary N) is 1. The Morgan fingerprint density at radius 2 is 2.04 bits per heavy atom. The van der Waals surface area contributed by atoms with Crippen LogP contribution in [0.1, 0.15) is 16.1 Å². The van der Waals surface area contributed by atoms with Crippen LogP contribution in [0.3, 0.4) is 0 Å². The molecular weight excluding hydrogens is 389 g/mol. The Bertz CT molecular complexity index is 783. The molecule has 0 bridgehead atoms. The minimum absolute atomic E-state index is 0.113. The number of morpholine rings is 1. The molecule has 2 heterocycles. The first-order valence-electron chi connectivity index (χ1n) is 8.74. The zero-order valence-corrected chi connectivity index (χ0v) is 16.3. The second kappa shape index (κ2) is 9.90. The molecule has 1 aromatic heterocycles. The molecule has 144 valence electrons. The van der Waals surface area contributed by atoms with Crippen LogP contribution in [-0.2, 0) is 11.3 Å². The molecule has 1 N–H and O–H groups in total. The zero-order chi connectivity index (χ0) is 19.1. The Labute approximate surface area is 168 Å². The smallest absolute Gasteiger partial charge is 0.271 e. The summed E-state index contributed by atoms with van der Waals surface area (Å²) in [4.78, 5) is 18.5. The van der Waals surface area contributed by atoms with Crippen molar-refractivity contribution >= 4 is 29.1 Å². The van der Waals surface area contributed by atoms with E-state index >= 15 is 0 Å². The summed E-state index contributed by atoms with van der Waals surface area (Å²) in [5, 5.41) is 3.28. The van der Waals surface area contributed by atoms with Gasteiger partial charge in [0, 0.05) is 26.2 Å². The van der Waals surface area contributed by atoms with E-state index in [4.69, 9.17) is 32.7 Å². The fourth-order valence-corrected chi connectivity index (χ4v) is 3.04. The molecular formula is C19H21Cl2N3O3. The monoisotopic (exact) mass is 409 g/mol. The van der Waals surface area contributed by atoms with Gasteiger partial charge in [-0.25, -0.2) is 4.98 Å². The number of hydrogen-bond donors (Lipinski definition) is 1. The lowest BCUT2D eigenvalue weighted by atomic mass is 10.2. The zero-order valence-electron chi connectivity index (χ0n) is 14.8. The van der Waals surface area contributed by atoms with Crippen molar-refractivity contribution in [2.24, 2.45) is 0 Å². The summed E-state index contributed by atoms with van der Waals surface area (Å²) in [6.45, 7) is 5.25. The summed E-state index contributed by atoms with van der Waals surface area (Å²) >= 11 is 11.8. The SMILES string of the molecule is O=C(NCc1cccc(OCCN2CCOCC2)c1)c1nc(Cl)ccc1Cl. The standard InChI is InChI=1S/C19H21Cl2N3O3/c20-16-4-5-17(21)23-18(16)19(25)22-13-14-2-1-3-15(12-14)27-11-8-24-6-9-26-10-7-24/h1-5,12H,6-11,13H2,(H,22,25). The number of halogens is 2. The Kier molecular flexibility index (Phi) is 7.29. The van der Waals surface area contributed by atoms with Crippen LogP contribution in [0.4, 0.5) is 0 Å². The number of carbonyl (C=O) groups is 1. The van der Waals surface area contributed by atoms with Crippen molar-refractivity contribution in [1.29, 1.82) is 0 Å². The lowest BCUT2D eigenvalue weighted by Crippen LogP contribution is -2.38. The number of aromatic nitrogens is 1. The fourth-order valence-electron chi connectivity index (χ4n) is 2.71. The summed E-state index contributed by atoms with van der Waals surface area (Å²) in [6.07, 6.45) is 0. The van der Waals surface area contributed by atoms with Gasteiger partial charge >= 0.3 is 0 Å². The van der Waals surface area contributed by atoms with E-state index in [1.807, 2.05) is 24.3 Å². The minimum Gasteiger partial charge on any atom is -0.492 e. The molecule has 0 aliphatic carbocycles. The van der Waals surface area contributed by atoms with E-state index in [1.54, 1.807) is 12.1 Å². The molecule has 1 amide bonds. The number of pyridine rings is 1. The largest absolute Gasteiger partial charge is 0.492 e. The van der Waals surface area contributed by atoms with Crippen LogP contribution in [0, 0.1) is 0 Å². The predicted molar refractivity (Wildman–Crippen MR) is 105 cm³/mol. The van der Waals surface area contributed by atoms with Gasteiger partial charge < -0.3 is 14.8 Å². The highest BCUT2D eigenvalue weighted by molar-refractivity contribution is 6.34. The lowest BCUT2D eigenvalue weighted by molar-refractivity contribution is 0.0322. The average molecular weight is 410 g/mol. The molecule has 6 nitrogen and oxygen atoms in total. The highest BCUT2D eigenvalue weighted by Crippen LogP contribution is 2.17. The van der Waals surface area contributed by atoms with E-state index < -0.39 is 0 Å². The normalized spacial score (nSPS) is 14.7. The number of nitrogens with zero attached hydrogens (tertiary/aromatic N) is 2. The molecule has 3 rings (SSSR count). The minimum atomic E-state index is -0.374. The summed E-state index contributed by atoms with van der Waals surface area (Å²) in [6, 6.07) is 10.7. The van der Waals surface area contributed by atoms with E-state index in [-0.39, 0.29) is 21.8 Å². The number of carbonyl (C=O) groups excluding carboxylic acids is 1. The Hall–Kier alpha value is -1.86. The molecule has 1 fully saturated rings. The van der Waals surface area contributed by atoms with E-state index in [1.165, 1.54) is 0 Å². The van der Waals surface area contributed by atoms with Gasteiger partial charge in [-0.1, -0.05) is 35.3 Å². The van der Waals surface area contributed by atoms with Gasteiger partial charge in [0.2, 0.25) is 0 Å². The van der Waals surface area contributed by atoms with Gasteiger partial charge in [-0.05, 0) is 29.8 Å². The van der Waals surface area contributed by atoms with Crippen LogP contribution < -0.4 is 10.1 Å². The third kappa shape index (κ3) is 6.07. The molecule has 0 atom stereocenters. The van der Waals surface area contributed by atoms with Crippen molar-refractivity contribution < 1.29 is 14.3 Å². The van der Waals surface area contributed by atoms with E-state index in [9.17, 15) is 4.79 Å². The summed E-state index contributed by atoms with van der Waals surface area (Å²) in [5.41, 5.74) is 1.03. The van der Waals surface area contributed by atoms with Gasteiger partial charge in [0.1, 0.15) is 23.2 Å². The van der Waals surface area contributed by atoms with Crippen LogP contribution in [-0.4, -0.2) is 55.2 Å². The first-order valence-corrected chi connectivity index (χ1v) is 9.49. The molecule has 2 aromatic rings. The van der Waals surface area contributed by atoms with E-state index in [0.717, 1.165) is 44.2 Å². The quantitative estimate of drug-likeness (QED) is 0.711. The molecule has 0 unspecified atom stereocenters. The average Bonchev–Trinajstić information content (AvgIpc) is 2.69. The third-order valence-corrected chi connectivity index (χ3v) is 4.67. The van der Waals surface area contributed by atoms with Crippen molar-refractivity contribution in [2.45, 2.75) is 6.54 Å². The molecule has 1 saturated heterocycles. The van der Waals surface area contributed by atoms with E-state index in [0.29, 0.717) is 13.2 Å². The van der Waals surface area contributed by atoms with Gasteiger partial charge in [0.15, 0.2) is 0 Å². The van der Waals surface area contributed by atoms with Gasteiger partial charge in [0.05, 0.1) is 18.2 Å². The van der Waals surface area contributed by atoms with Crippen molar-refractivity contribution in [3.63, 3.8) is 0 Å². The molecule has 0 saturated carbocycles. The molecule has 1 aliphatic rings. The van der Waals surface area contributed by atoms with Crippen LogP contribution in [0.15, 0.2) is 36.4 Å². The fraction of sp³-hybridized carbons (Fsp3) is 0.368. The molecule has 0 spiro atoms. The lowest BCUT2D eigenvalue weighted by Gasteiger charge is -2.26. The summed E-state index contributed by atoms with van der Waals surface area (Å²) < 4.78 is 11.2. The van der Waals surface area contributed by atoms with Gasteiger partial charge in [-0.3, -0.25) is 9.69 Å². The van der Waals surface area contributed by atoms with Crippen LogP contribution in [0.25, 0.3) is 0 Å². The van der Waals surface area contributed by atoms with Gasteiger partial charge in [0.25, 0.3) is 5.91 Å². The van der Waals surface area contributed by atoms with Crippen molar-refractivity contribution in [2.75, 3.05) is 39.5 Å². The van der Waals surface area contributed by atoms with Gasteiger partial charge in [-0.2, -0.15) is 0 Å². The second-order valence-corrected chi connectivity index (χ2v) is 6.89. The first kappa shape index (κ1) is 19.9. The third-order valence-electron chi connectivity index (χ3n) is 4.16. The van der Waals surface area contributed by atoms with E-state index in [2.05, 4.69) is 15.2 Å². The molecule has 1 aliphatic heterocycles. The van der Waals surface area contributed by atoms with Crippen LogP contribution in [0.5, 0.6) is 5.75 Å². The Balaban J connectivity index is 1.49. The highest BCUT2D eigenvalue weighted by Gasteiger charge is 2.13. The summed E-state index contributed by atoms with van der Waals surface area (Å²) in [5.74, 6) is 0.398. The van der Waals surface area contributed by atoms with Crippen molar-refractivity contribution in [3.05, 3.63) is 57.8 Å². The predicted octanol–water partition coefficient (Wildman–Crippen LogP) is 3.03. The Morgan fingerprint density at radius 3 is 2.85 bits per heavy atom. The molecule has 0 radical (unpaired) electrons. The van der Waals surface area contributed by atoms with Crippen LogP contribution in [0.2, 0.25) is 10.2 Å². The maximum atomic E-state index is 12.3. The maximum Gasteiger partial charge on any atom is 0.271 e. The molecule has 1 aromatic carbocycles. The molecule has 8 heteroatoms. The number of ether oxygens (including phenoxy) is 2. The van der Waals surface area contributed by atoms with Crippen molar-refractivity contribution in [3.8, 4) is 5.75 Å². The highest BCUT2D eigenvalue weighted by atomic mass is 35.5. The second-order valence-electron chi connectivity index (χ2n) is 6.10. The number of benzene rings is 1.